The van der Waals surface area contributed by atoms with E-state index in [1.165, 1.54) is 6.26 Å². The lowest BCUT2D eigenvalue weighted by Crippen LogP contribution is -2.73. The zero-order chi connectivity index (χ0) is 27.1. The molecule has 8 nitrogen and oxygen atoms in total. The predicted octanol–water partition coefficient (Wildman–Crippen LogP) is 2.90. The van der Waals surface area contributed by atoms with Gasteiger partial charge in [0.1, 0.15) is 6.10 Å². The average Bonchev–Trinajstić information content (AvgIpc) is 3.77. The summed E-state index contributed by atoms with van der Waals surface area (Å²) in [7, 11) is 0. The summed E-state index contributed by atoms with van der Waals surface area (Å²) in [4.78, 5) is 56.8. The third kappa shape index (κ3) is 2.57. The van der Waals surface area contributed by atoms with Crippen molar-refractivity contribution in [2.75, 3.05) is 0 Å². The minimum Gasteiger partial charge on any atom is -0.497 e. The Morgan fingerprint density at radius 3 is 2.11 bits per heavy atom. The number of fused-ring (bicyclic) bond motifs is 3. The monoisotopic (exact) mass is 520 g/mol. The van der Waals surface area contributed by atoms with Crippen molar-refractivity contribution >= 4 is 23.1 Å². The minimum absolute atomic E-state index is 0.201. The molecule has 0 amide bonds. The Hall–Kier alpha value is -2.68. The quantitative estimate of drug-likeness (QED) is 0.411. The highest BCUT2D eigenvalue weighted by Gasteiger charge is 2.84. The first-order chi connectivity index (χ1) is 17.9. The lowest BCUT2D eigenvalue weighted by molar-refractivity contribution is -0.205. The van der Waals surface area contributed by atoms with Gasteiger partial charge in [0, 0.05) is 41.4 Å². The number of allylic oxidation sites excluding steroid dienone is 2. The summed E-state index contributed by atoms with van der Waals surface area (Å²) in [6, 6.07) is 0. The fourth-order valence-corrected chi connectivity index (χ4v) is 8.07. The molecule has 8 rings (SSSR count). The van der Waals surface area contributed by atoms with Crippen LogP contribution in [0, 0.1) is 17.3 Å². The first-order valence-corrected chi connectivity index (χ1v) is 13.5. The van der Waals surface area contributed by atoms with E-state index in [1.54, 1.807) is 0 Å². The topological polar surface area (TPSA) is 112 Å². The molecule has 0 unspecified atom stereocenters. The predicted molar refractivity (Wildman–Crippen MR) is 133 cm³/mol. The Bertz CT molecular complexity index is 1370. The molecular weight excluding hydrogens is 488 g/mol. The number of ketones is 4. The molecule has 4 fully saturated rings. The smallest absolute Gasteiger partial charge is 0.195 e. The maximum atomic E-state index is 14.8. The van der Waals surface area contributed by atoms with Gasteiger partial charge in [0.05, 0.1) is 23.9 Å². The van der Waals surface area contributed by atoms with E-state index >= 15 is 0 Å². The van der Waals surface area contributed by atoms with Crippen LogP contribution < -0.4 is 0 Å². The van der Waals surface area contributed by atoms with Crippen LogP contribution in [0.1, 0.15) is 54.4 Å². The van der Waals surface area contributed by atoms with Crippen LogP contribution in [0.4, 0.5) is 0 Å². The van der Waals surface area contributed by atoms with Gasteiger partial charge in [-0.2, -0.15) is 0 Å². The number of epoxide rings is 2. The van der Waals surface area contributed by atoms with Gasteiger partial charge >= 0.3 is 0 Å². The van der Waals surface area contributed by atoms with E-state index in [2.05, 4.69) is 0 Å². The van der Waals surface area contributed by atoms with Crippen molar-refractivity contribution in [3.05, 3.63) is 46.3 Å². The van der Waals surface area contributed by atoms with Crippen LogP contribution in [0.25, 0.3) is 0 Å². The SMILES string of the molecule is CC(C)=CC[C@]12O[C@H]1C(=O)C1=C(C2=O)[C@@H]2[C@H](C)O[C@H]1[C@@H]1[C@@H](C)OC=C3C(=O)[C@@H]4O[C@]4(CC=C(C)C)C(=O)[C@]312. The summed E-state index contributed by atoms with van der Waals surface area (Å²) < 4.78 is 24.2. The molecule has 5 heterocycles. The van der Waals surface area contributed by atoms with Crippen LogP contribution in [0.5, 0.6) is 0 Å². The number of rotatable bonds is 4. The lowest BCUT2D eigenvalue weighted by atomic mass is 9.43. The Morgan fingerprint density at radius 1 is 0.842 bits per heavy atom. The molecular formula is C30H32O8. The molecule has 0 aromatic rings. The molecule has 0 N–H and O–H groups in total. The Morgan fingerprint density at radius 2 is 1.45 bits per heavy atom. The Balaban J connectivity index is 1.45. The molecule has 200 valence electrons. The normalized spacial score (nSPS) is 47.1. The first kappa shape index (κ1) is 24.4. The first-order valence-electron chi connectivity index (χ1n) is 13.5. The van der Waals surface area contributed by atoms with E-state index in [-0.39, 0.29) is 41.5 Å². The van der Waals surface area contributed by atoms with Crippen molar-refractivity contribution in [3.63, 3.8) is 0 Å². The van der Waals surface area contributed by atoms with Crippen molar-refractivity contribution in [1.29, 1.82) is 0 Å². The molecule has 0 aromatic carbocycles. The maximum Gasteiger partial charge on any atom is 0.195 e. The lowest BCUT2D eigenvalue weighted by Gasteiger charge is -2.63. The van der Waals surface area contributed by atoms with Crippen LogP contribution in [0.3, 0.4) is 0 Å². The molecule has 8 heteroatoms. The minimum atomic E-state index is -1.38. The van der Waals surface area contributed by atoms with Crippen molar-refractivity contribution in [2.24, 2.45) is 17.3 Å². The van der Waals surface area contributed by atoms with E-state index in [4.69, 9.17) is 18.9 Å². The van der Waals surface area contributed by atoms with E-state index < -0.39 is 59.0 Å². The third-order valence-corrected chi connectivity index (χ3v) is 9.82. The molecule has 0 aromatic heterocycles. The zero-order valence-corrected chi connectivity index (χ0v) is 22.5. The van der Waals surface area contributed by atoms with Gasteiger partial charge in [0.2, 0.25) is 0 Å². The summed E-state index contributed by atoms with van der Waals surface area (Å²) in [6.45, 7) is 11.4. The van der Waals surface area contributed by atoms with Gasteiger partial charge in [0.15, 0.2) is 46.5 Å². The summed E-state index contributed by atoms with van der Waals surface area (Å²) in [5.41, 5.74) is -1.02. The molecule has 5 aliphatic heterocycles. The fourth-order valence-electron chi connectivity index (χ4n) is 8.07. The highest BCUT2D eigenvalue weighted by Crippen LogP contribution is 2.70. The molecule has 3 aliphatic carbocycles. The van der Waals surface area contributed by atoms with Gasteiger partial charge in [-0.15, -0.1) is 0 Å². The van der Waals surface area contributed by atoms with Gasteiger partial charge in [0.25, 0.3) is 0 Å². The molecule has 2 bridgehead atoms. The van der Waals surface area contributed by atoms with Crippen molar-refractivity contribution in [2.45, 2.75) is 96.1 Å². The summed E-state index contributed by atoms with van der Waals surface area (Å²) in [5.74, 6) is -2.46. The zero-order valence-electron chi connectivity index (χ0n) is 22.5. The van der Waals surface area contributed by atoms with Crippen molar-refractivity contribution in [1.82, 2.24) is 0 Å². The van der Waals surface area contributed by atoms with Crippen molar-refractivity contribution in [3.8, 4) is 0 Å². The van der Waals surface area contributed by atoms with Crippen LogP contribution in [0.15, 0.2) is 46.3 Å². The van der Waals surface area contributed by atoms with Gasteiger partial charge in [-0.05, 0) is 41.5 Å². The Kier molecular flexibility index (Phi) is 4.67. The number of hydrogen-bond acceptors (Lipinski definition) is 8. The Labute approximate surface area is 221 Å². The molecule has 8 aliphatic rings. The number of carbonyl (C=O) groups excluding carboxylic acids is 4. The fraction of sp³-hybridized carbons (Fsp3) is 0.600. The van der Waals surface area contributed by atoms with Crippen LogP contribution in [0.2, 0.25) is 0 Å². The van der Waals surface area contributed by atoms with Gasteiger partial charge < -0.3 is 18.9 Å². The number of Topliss-reactive ketones (excluding diaryl/α,β-unsaturated/α-hetero) is 4. The molecule has 1 saturated carbocycles. The van der Waals surface area contributed by atoms with Gasteiger partial charge in [-0.25, -0.2) is 0 Å². The summed E-state index contributed by atoms with van der Waals surface area (Å²) >= 11 is 0. The molecule has 10 atom stereocenters. The molecule has 38 heavy (non-hydrogen) atoms. The van der Waals surface area contributed by atoms with E-state index in [1.807, 2.05) is 53.7 Å². The summed E-state index contributed by atoms with van der Waals surface area (Å²) in [5, 5.41) is 0. The van der Waals surface area contributed by atoms with Crippen molar-refractivity contribution < 1.29 is 38.1 Å². The molecule has 0 radical (unpaired) electrons. The van der Waals surface area contributed by atoms with Crippen LogP contribution >= 0.6 is 0 Å². The summed E-state index contributed by atoms with van der Waals surface area (Å²) in [6.07, 6.45) is 2.12. The van der Waals surface area contributed by atoms with E-state index in [0.29, 0.717) is 11.1 Å². The standard InChI is InChI=1S/C30H32O8/c1-12(2)7-9-28-24(33)17-18(22(32)26(28)37-28)23-20-14(5)35-11-16-21(31)25-29(38-25,10-8-13(3)4)27(34)30(16,20)19(17)15(6)36-23/h7-8,11,14-15,19-20,23,25-26H,9-10H2,1-6H3/t14-,15+,19+,20+,23-,25+,26+,28-,29+,30+/m1/s1. The van der Waals surface area contributed by atoms with Gasteiger partial charge in [-0.1, -0.05) is 23.3 Å². The van der Waals surface area contributed by atoms with Gasteiger partial charge in [-0.3, -0.25) is 19.2 Å². The van der Waals surface area contributed by atoms with E-state index in [9.17, 15) is 19.2 Å². The third-order valence-electron chi connectivity index (χ3n) is 9.82. The second kappa shape index (κ2) is 7.29. The largest absolute Gasteiger partial charge is 0.497 e. The second-order valence-corrected chi connectivity index (χ2v) is 12.5. The second-order valence-electron chi connectivity index (χ2n) is 12.5. The number of carbonyl (C=O) groups is 4. The number of ether oxygens (including phenoxy) is 4. The van der Waals surface area contributed by atoms with E-state index in [0.717, 1.165) is 11.1 Å². The average molecular weight is 521 g/mol. The van der Waals surface area contributed by atoms with Crippen LogP contribution in [-0.2, 0) is 38.1 Å². The maximum absolute atomic E-state index is 14.8. The molecule has 3 saturated heterocycles. The highest BCUT2D eigenvalue weighted by atomic mass is 16.6. The number of hydrogen-bond donors (Lipinski definition) is 0. The highest BCUT2D eigenvalue weighted by molar-refractivity contribution is 6.25. The van der Waals surface area contributed by atoms with Crippen LogP contribution in [-0.4, -0.2) is 64.9 Å². The molecule has 1 spiro atoms.